The van der Waals surface area contributed by atoms with Crippen LogP contribution in [0.15, 0.2) is 28.7 Å². The summed E-state index contributed by atoms with van der Waals surface area (Å²) >= 11 is 3.44. The molecule has 1 aromatic rings. The molecule has 1 aromatic carbocycles. The van der Waals surface area contributed by atoms with Crippen molar-refractivity contribution in [1.82, 2.24) is 5.32 Å². The third kappa shape index (κ3) is 6.25. The molecule has 0 aromatic heterocycles. The zero-order valence-electron chi connectivity index (χ0n) is 12.4. The number of amides is 1. The fraction of sp³-hybridized carbons (Fsp3) is 0.533. The van der Waals surface area contributed by atoms with Gasteiger partial charge < -0.3 is 11.1 Å². The Morgan fingerprint density at radius 2 is 2.00 bits per heavy atom. The summed E-state index contributed by atoms with van der Waals surface area (Å²) in [6, 6.07) is 7.67. The monoisotopic (exact) mass is 362 g/mol. The molecular weight excluding hydrogens is 340 g/mol. The third-order valence-corrected chi connectivity index (χ3v) is 3.53. The van der Waals surface area contributed by atoms with Crippen LogP contribution in [0.25, 0.3) is 0 Å². The van der Waals surface area contributed by atoms with Crippen molar-refractivity contribution < 1.29 is 4.79 Å². The first kappa shape index (κ1) is 19.4. The maximum absolute atomic E-state index is 12.0. The second-order valence-corrected chi connectivity index (χ2v) is 7.00. The standard InChI is InChI=1S/C15H23BrN2O.ClH/c1-10(8-11-6-5-7-12(16)9-11)18-14(19)13(17)15(2,3)4;/h5-7,9-10,13H,8,17H2,1-4H3,(H,18,19);1H/t10?,13-;/m1./s1. The molecule has 0 saturated heterocycles. The molecule has 0 aliphatic carbocycles. The van der Waals surface area contributed by atoms with Gasteiger partial charge in [-0.05, 0) is 36.5 Å². The lowest BCUT2D eigenvalue weighted by molar-refractivity contribution is -0.125. The largest absolute Gasteiger partial charge is 0.352 e. The molecule has 2 atom stereocenters. The molecule has 0 fully saturated rings. The zero-order chi connectivity index (χ0) is 14.6. The number of halogens is 2. The molecule has 1 rings (SSSR count). The van der Waals surface area contributed by atoms with E-state index >= 15 is 0 Å². The van der Waals surface area contributed by atoms with Crippen LogP contribution in [-0.4, -0.2) is 18.0 Å². The Labute approximate surface area is 136 Å². The molecule has 0 bridgehead atoms. The van der Waals surface area contributed by atoms with Crippen LogP contribution in [0, 0.1) is 5.41 Å². The van der Waals surface area contributed by atoms with E-state index in [9.17, 15) is 4.79 Å². The number of nitrogens with one attached hydrogen (secondary N) is 1. The Morgan fingerprint density at radius 3 is 2.50 bits per heavy atom. The fourth-order valence-corrected chi connectivity index (χ4v) is 2.24. The number of carbonyl (C=O) groups is 1. The molecule has 0 heterocycles. The summed E-state index contributed by atoms with van der Waals surface area (Å²) < 4.78 is 1.05. The molecule has 5 heteroatoms. The average Bonchev–Trinajstić information content (AvgIpc) is 2.26. The van der Waals surface area contributed by atoms with Gasteiger partial charge in [0.25, 0.3) is 0 Å². The number of benzene rings is 1. The number of hydrogen-bond acceptors (Lipinski definition) is 2. The fourth-order valence-electron chi connectivity index (χ4n) is 1.79. The lowest BCUT2D eigenvalue weighted by Gasteiger charge is -2.27. The van der Waals surface area contributed by atoms with Crippen molar-refractivity contribution in [2.75, 3.05) is 0 Å². The molecule has 0 aliphatic heterocycles. The third-order valence-electron chi connectivity index (χ3n) is 3.04. The van der Waals surface area contributed by atoms with Crippen LogP contribution in [0.1, 0.15) is 33.3 Å². The molecule has 0 aliphatic rings. The molecule has 0 radical (unpaired) electrons. The first-order valence-corrected chi connectivity index (χ1v) is 7.30. The minimum atomic E-state index is -0.488. The van der Waals surface area contributed by atoms with E-state index in [0.717, 1.165) is 10.9 Å². The number of hydrogen-bond donors (Lipinski definition) is 2. The maximum Gasteiger partial charge on any atom is 0.237 e. The molecule has 114 valence electrons. The van der Waals surface area contributed by atoms with Gasteiger partial charge in [0, 0.05) is 10.5 Å². The van der Waals surface area contributed by atoms with Crippen LogP contribution in [0.2, 0.25) is 0 Å². The normalized spacial score (nSPS) is 14.1. The summed E-state index contributed by atoms with van der Waals surface area (Å²) in [5.41, 5.74) is 6.90. The Balaban J connectivity index is 0.00000361. The summed E-state index contributed by atoms with van der Waals surface area (Å²) in [4.78, 5) is 12.0. The minimum Gasteiger partial charge on any atom is -0.352 e. The Hall–Kier alpha value is -0.580. The quantitative estimate of drug-likeness (QED) is 0.862. The van der Waals surface area contributed by atoms with Gasteiger partial charge in [-0.25, -0.2) is 0 Å². The Kier molecular flexibility index (Phi) is 7.78. The van der Waals surface area contributed by atoms with Gasteiger partial charge in [-0.2, -0.15) is 0 Å². The van der Waals surface area contributed by atoms with E-state index < -0.39 is 6.04 Å². The van der Waals surface area contributed by atoms with E-state index in [-0.39, 0.29) is 29.8 Å². The van der Waals surface area contributed by atoms with E-state index in [2.05, 4.69) is 33.4 Å². The highest BCUT2D eigenvalue weighted by atomic mass is 79.9. The number of rotatable bonds is 4. The topological polar surface area (TPSA) is 55.1 Å². The lowest BCUT2D eigenvalue weighted by Crippen LogP contribution is -2.51. The van der Waals surface area contributed by atoms with Crippen molar-refractivity contribution in [3.8, 4) is 0 Å². The van der Waals surface area contributed by atoms with Gasteiger partial charge >= 0.3 is 0 Å². The van der Waals surface area contributed by atoms with E-state index in [1.165, 1.54) is 5.56 Å². The van der Waals surface area contributed by atoms with E-state index in [1.807, 2.05) is 39.8 Å². The van der Waals surface area contributed by atoms with Crippen molar-refractivity contribution in [2.45, 2.75) is 46.2 Å². The maximum atomic E-state index is 12.0. The molecule has 20 heavy (non-hydrogen) atoms. The molecule has 3 N–H and O–H groups in total. The van der Waals surface area contributed by atoms with Crippen molar-refractivity contribution in [2.24, 2.45) is 11.1 Å². The van der Waals surface area contributed by atoms with Crippen molar-refractivity contribution in [3.05, 3.63) is 34.3 Å². The second-order valence-electron chi connectivity index (χ2n) is 6.09. The van der Waals surface area contributed by atoms with Crippen molar-refractivity contribution >= 4 is 34.2 Å². The van der Waals surface area contributed by atoms with Crippen LogP contribution in [0.4, 0.5) is 0 Å². The molecule has 1 unspecified atom stereocenters. The van der Waals surface area contributed by atoms with Gasteiger partial charge in [0.05, 0.1) is 6.04 Å². The van der Waals surface area contributed by atoms with Crippen LogP contribution >= 0.6 is 28.3 Å². The molecule has 0 spiro atoms. The smallest absolute Gasteiger partial charge is 0.237 e. The molecule has 1 amide bonds. The summed E-state index contributed by atoms with van der Waals surface area (Å²) in [7, 11) is 0. The minimum absolute atomic E-state index is 0. The van der Waals surface area contributed by atoms with E-state index in [4.69, 9.17) is 5.73 Å². The summed E-state index contributed by atoms with van der Waals surface area (Å²) in [6.07, 6.45) is 0.794. The predicted octanol–water partition coefficient (Wildman–Crippen LogP) is 3.29. The Bertz CT molecular complexity index is 446. The van der Waals surface area contributed by atoms with Gasteiger partial charge in [0.1, 0.15) is 0 Å². The van der Waals surface area contributed by atoms with Crippen LogP contribution in [0.5, 0.6) is 0 Å². The summed E-state index contributed by atoms with van der Waals surface area (Å²) in [5.74, 6) is -0.0880. The first-order chi connectivity index (χ1) is 8.70. The second kappa shape index (κ2) is 8.01. The van der Waals surface area contributed by atoms with Crippen LogP contribution in [-0.2, 0) is 11.2 Å². The van der Waals surface area contributed by atoms with Crippen LogP contribution in [0.3, 0.4) is 0 Å². The zero-order valence-corrected chi connectivity index (χ0v) is 14.8. The highest BCUT2D eigenvalue weighted by molar-refractivity contribution is 9.10. The van der Waals surface area contributed by atoms with Gasteiger partial charge in [-0.15, -0.1) is 12.4 Å². The van der Waals surface area contributed by atoms with Gasteiger partial charge in [-0.3, -0.25) is 4.79 Å². The van der Waals surface area contributed by atoms with Crippen LogP contribution < -0.4 is 11.1 Å². The molecular formula is C15H24BrClN2O. The Morgan fingerprint density at radius 1 is 1.40 bits per heavy atom. The average molecular weight is 364 g/mol. The molecule has 0 saturated carbocycles. The summed E-state index contributed by atoms with van der Waals surface area (Å²) in [5, 5.41) is 2.97. The predicted molar refractivity (Wildman–Crippen MR) is 90.1 cm³/mol. The van der Waals surface area contributed by atoms with Gasteiger partial charge in [0.2, 0.25) is 5.91 Å². The highest BCUT2D eigenvalue weighted by Gasteiger charge is 2.28. The number of nitrogens with two attached hydrogens (primary N) is 1. The highest BCUT2D eigenvalue weighted by Crippen LogP contribution is 2.18. The van der Waals surface area contributed by atoms with Crippen molar-refractivity contribution in [1.29, 1.82) is 0 Å². The summed E-state index contributed by atoms with van der Waals surface area (Å²) in [6.45, 7) is 7.90. The lowest BCUT2D eigenvalue weighted by atomic mass is 9.87. The van der Waals surface area contributed by atoms with Gasteiger partial charge in [0.15, 0.2) is 0 Å². The van der Waals surface area contributed by atoms with Crippen molar-refractivity contribution in [3.63, 3.8) is 0 Å². The number of carbonyl (C=O) groups excluding carboxylic acids is 1. The van der Waals surface area contributed by atoms with E-state index in [0.29, 0.717) is 0 Å². The first-order valence-electron chi connectivity index (χ1n) is 6.50. The molecule has 3 nitrogen and oxygen atoms in total. The van der Waals surface area contributed by atoms with E-state index in [1.54, 1.807) is 0 Å². The van der Waals surface area contributed by atoms with Gasteiger partial charge in [-0.1, -0.05) is 48.8 Å². The SMILES string of the molecule is CC(Cc1cccc(Br)c1)NC(=O)[C@@H](N)C(C)(C)C.Cl.